The van der Waals surface area contributed by atoms with Crippen molar-refractivity contribution in [2.45, 2.75) is 38.5 Å². The van der Waals surface area contributed by atoms with E-state index in [4.69, 9.17) is 4.74 Å². The molecule has 2 aliphatic rings. The molecule has 0 unspecified atom stereocenters. The molecule has 86 heavy (non-hydrogen) atoms. The molecule has 0 bridgehead atoms. The smallest absolute Gasteiger partial charge is 0.118 e. The highest BCUT2D eigenvalue weighted by atomic mass is 16.5. The summed E-state index contributed by atoms with van der Waals surface area (Å²) in [4.78, 5) is 0. The Morgan fingerprint density at radius 3 is 0.767 bits per heavy atom. The molecule has 15 aromatic rings. The van der Waals surface area contributed by atoms with Gasteiger partial charge in [0.1, 0.15) is 5.75 Å². The fourth-order valence-electron chi connectivity index (χ4n) is 15.7. The van der Waals surface area contributed by atoms with Gasteiger partial charge in [-0.3, -0.25) is 0 Å². The molecule has 0 radical (unpaired) electrons. The van der Waals surface area contributed by atoms with Crippen molar-refractivity contribution in [2.75, 3.05) is 7.11 Å². The summed E-state index contributed by atoms with van der Waals surface area (Å²) in [7, 11) is 1.71. The molecule has 0 saturated heterocycles. The van der Waals surface area contributed by atoms with Crippen LogP contribution in [0, 0.1) is 0 Å². The molecule has 0 heterocycles. The predicted octanol–water partition coefficient (Wildman–Crippen LogP) is 23.2. The van der Waals surface area contributed by atoms with Crippen molar-refractivity contribution >= 4 is 64.6 Å². The molecule has 17 rings (SSSR count). The molecule has 1 heteroatoms. The predicted molar refractivity (Wildman–Crippen MR) is 366 cm³/mol. The lowest BCUT2D eigenvalue weighted by molar-refractivity contribution is 0.415. The quantitative estimate of drug-likeness (QED) is 0.145. The van der Waals surface area contributed by atoms with Gasteiger partial charge in [-0.15, -0.1) is 0 Å². The van der Waals surface area contributed by atoms with Crippen LogP contribution in [0.25, 0.3) is 154 Å². The second kappa shape index (κ2) is 18.8. The second-order valence-corrected chi connectivity index (χ2v) is 24.9. The molecule has 0 aliphatic heterocycles. The van der Waals surface area contributed by atoms with Crippen molar-refractivity contribution in [1.82, 2.24) is 0 Å². The van der Waals surface area contributed by atoms with E-state index in [9.17, 15) is 0 Å². The molecule has 0 fully saturated rings. The topological polar surface area (TPSA) is 9.23 Å². The normalized spacial score (nSPS) is 13.6. The first-order valence-electron chi connectivity index (χ1n) is 30.3. The summed E-state index contributed by atoms with van der Waals surface area (Å²) in [6, 6.07) is 103. The Kier molecular flexibility index (Phi) is 11.0. The van der Waals surface area contributed by atoms with E-state index >= 15 is 0 Å². The van der Waals surface area contributed by atoms with E-state index in [0.717, 1.165) is 5.75 Å². The maximum absolute atomic E-state index is 5.45. The highest BCUT2D eigenvalue weighted by Crippen LogP contribution is 2.56. The molecule has 1 nitrogen and oxygen atoms in total. The third kappa shape index (κ3) is 7.25. The zero-order chi connectivity index (χ0) is 57.6. The van der Waals surface area contributed by atoms with Crippen molar-refractivity contribution in [3.63, 3.8) is 0 Å². The number of rotatable bonds is 7. The number of methoxy groups -OCH3 is 1. The largest absolute Gasteiger partial charge is 0.497 e. The van der Waals surface area contributed by atoms with E-state index in [1.165, 1.54) is 176 Å². The van der Waals surface area contributed by atoms with E-state index in [-0.39, 0.29) is 10.8 Å². The van der Waals surface area contributed by atoms with E-state index in [0.29, 0.717) is 0 Å². The lowest BCUT2D eigenvalue weighted by Gasteiger charge is -2.25. The summed E-state index contributed by atoms with van der Waals surface area (Å²) >= 11 is 0. The van der Waals surface area contributed by atoms with E-state index in [1.807, 2.05) is 12.1 Å². The van der Waals surface area contributed by atoms with Crippen LogP contribution in [0.15, 0.2) is 273 Å². The molecule has 0 N–H and O–H groups in total. The van der Waals surface area contributed by atoms with Gasteiger partial charge < -0.3 is 4.74 Å². The number of fused-ring (bicyclic) bond motifs is 12. The van der Waals surface area contributed by atoms with Gasteiger partial charge in [-0.05, 0) is 206 Å². The van der Waals surface area contributed by atoms with Gasteiger partial charge in [-0.2, -0.15) is 0 Å². The Balaban J connectivity index is 0.797. The van der Waals surface area contributed by atoms with Crippen molar-refractivity contribution in [3.05, 3.63) is 295 Å². The van der Waals surface area contributed by atoms with Gasteiger partial charge in [0.25, 0.3) is 0 Å². The van der Waals surface area contributed by atoms with Gasteiger partial charge in [0.05, 0.1) is 7.11 Å². The zero-order valence-electron chi connectivity index (χ0n) is 48.9. The van der Waals surface area contributed by atoms with E-state index in [2.05, 4.69) is 289 Å². The van der Waals surface area contributed by atoms with Crippen LogP contribution in [0.5, 0.6) is 5.75 Å². The SMILES string of the molecule is COc1ccc(-c2ccc(-c3c4ccccc4c(-c4ccc5c(c4)C(C)(C)c4cc(-c6c7ccccc7c(-c7c8ccccc8c(-c8ccc9c(c8)C(C)(C)c8ccccc8-9)c8ccccc78)c7ccccc67)ccc4-5)c4ccccc34)cc2)cc1. The molecule has 406 valence electrons. The van der Waals surface area contributed by atoms with Crippen LogP contribution in [0.1, 0.15) is 49.9 Å². The van der Waals surface area contributed by atoms with Crippen LogP contribution >= 0.6 is 0 Å². The third-order valence-corrected chi connectivity index (χ3v) is 19.8. The summed E-state index contributed by atoms with van der Waals surface area (Å²) in [6.45, 7) is 9.63. The fraction of sp³-hybridized carbons (Fsp3) is 0.0824. The van der Waals surface area contributed by atoms with E-state index < -0.39 is 0 Å². The van der Waals surface area contributed by atoms with Crippen molar-refractivity contribution < 1.29 is 4.74 Å². The molecule has 0 aromatic heterocycles. The first-order chi connectivity index (χ1) is 42.2. The standard InChI is InChI=1S/C85H60O/c1-84(2)74-33-19-18-20-58(74)59-45-40-54(48-75(59)84)80-66-25-10-14-29-70(66)82(71-30-15-11-26-67(71)80)83-72-31-16-12-27-68(72)81(69-28-13-17-32-73(69)83)56-42-47-61-60-46-41-55(49-76(60)85(3,4)77(61)50-56)79-64-23-8-6-21-62(64)78(63-22-7-9-24-65(63)79)53-36-34-51(35-37-53)52-38-43-57(86-5)44-39-52/h6-50H,1-5H3. The first kappa shape index (κ1) is 50.2. The minimum absolute atomic E-state index is 0.107. The monoisotopic (exact) mass is 1100 g/mol. The Labute approximate surface area is 502 Å². The van der Waals surface area contributed by atoms with Crippen molar-refractivity contribution in [3.8, 4) is 94.8 Å². The third-order valence-electron chi connectivity index (χ3n) is 19.8. The summed E-state index contributed by atoms with van der Waals surface area (Å²) in [6.07, 6.45) is 0. The lowest BCUT2D eigenvalue weighted by atomic mass is 9.78. The van der Waals surface area contributed by atoms with Gasteiger partial charge in [0.2, 0.25) is 0 Å². The van der Waals surface area contributed by atoms with Crippen LogP contribution in [0.4, 0.5) is 0 Å². The average molecular weight is 1100 g/mol. The molecule has 15 aromatic carbocycles. The number of ether oxygens (including phenoxy) is 1. The summed E-state index contributed by atoms with van der Waals surface area (Å²) in [5.41, 5.74) is 25.4. The Morgan fingerprint density at radius 1 is 0.209 bits per heavy atom. The molecule has 0 spiro atoms. The minimum atomic E-state index is -0.280. The Morgan fingerprint density at radius 2 is 0.442 bits per heavy atom. The molecule has 0 amide bonds. The summed E-state index contributed by atoms with van der Waals surface area (Å²) in [5, 5.41) is 15.1. The highest BCUT2D eigenvalue weighted by molar-refractivity contribution is 6.30. The second-order valence-electron chi connectivity index (χ2n) is 24.9. The summed E-state index contributed by atoms with van der Waals surface area (Å²) < 4.78 is 5.45. The molecular weight excluding hydrogens is 1040 g/mol. The van der Waals surface area contributed by atoms with Crippen LogP contribution in [0.3, 0.4) is 0 Å². The van der Waals surface area contributed by atoms with Gasteiger partial charge in [-0.25, -0.2) is 0 Å². The Bertz CT molecular complexity index is 5190. The van der Waals surface area contributed by atoms with Crippen LogP contribution < -0.4 is 4.74 Å². The zero-order valence-corrected chi connectivity index (χ0v) is 48.9. The van der Waals surface area contributed by atoms with E-state index in [1.54, 1.807) is 7.11 Å². The maximum atomic E-state index is 5.45. The molecule has 0 atom stereocenters. The minimum Gasteiger partial charge on any atom is -0.497 e. The van der Waals surface area contributed by atoms with Gasteiger partial charge in [0.15, 0.2) is 0 Å². The summed E-state index contributed by atoms with van der Waals surface area (Å²) in [5.74, 6) is 0.860. The lowest BCUT2D eigenvalue weighted by Crippen LogP contribution is -2.15. The molecular formula is C85H60O. The Hall–Kier alpha value is -10.3. The number of hydrogen-bond donors (Lipinski definition) is 0. The first-order valence-corrected chi connectivity index (χ1v) is 30.3. The van der Waals surface area contributed by atoms with Crippen LogP contribution in [0.2, 0.25) is 0 Å². The highest BCUT2D eigenvalue weighted by Gasteiger charge is 2.38. The number of hydrogen-bond acceptors (Lipinski definition) is 1. The van der Waals surface area contributed by atoms with Gasteiger partial charge in [-0.1, -0.05) is 270 Å². The molecule has 0 saturated carbocycles. The van der Waals surface area contributed by atoms with Crippen molar-refractivity contribution in [2.24, 2.45) is 0 Å². The maximum Gasteiger partial charge on any atom is 0.118 e. The van der Waals surface area contributed by atoms with Gasteiger partial charge >= 0.3 is 0 Å². The molecule has 2 aliphatic carbocycles. The van der Waals surface area contributed by atoms with Gasteiger partial charge in [0, 0.05) is 10.8 Å². The van der Waals surface area contributed by atoms with Crippen LogP contribution in [-0.4, -0.2) is 7.11 Å². The number of benzene rings is 15. The average Bonchev–Trinajstić information content (AvgIpc) is 1.31. The van der Waals surface area contributed by atoms with Crippen LogP contribution in [-0.2, 0) is 10.8 Å². The fourth-order valence-corrected chi connectivity index (χ4v) is 15.7. The van der Waals surface area contributed by atoms with Crippen molar-refractivity contribution in [1.29, 1.82) is 0 Å².